The summed E-state index contributed by atoms with van der Waals surface area (Å²) in [5, 5.41) is 8.91. The van der Waals surface area contributed by atoms with Crippen LogP contribution in [0, 0.1) is 0 Å². The molecule has 0 aromatic heterocycles. The van der Waals surface area contributed by atoms with E-state index in [2.05, 4.69) is 0 Å². The molecule has 0 aliphatic carbocycles. The Kier molecular flexibility index (Phi) is 4.31. The first-order valence-corrected chi connectivity index (χ1v) is 7.19. The van der Waals surface area contributed by atoms with Gasteiger partial charge in [0.15, 0.2) is 0 Å². The van der Waals surface area contributed by atoms with Gasteiger partial charge in [-0.1, -0.05) is 6.07 Å². The molecule has 5 nitrogen and oxygen atoms in total. The van der Waals surface area contributed by atoms with Crippen LogP contribution in [0.5, 0.6) is 0 Å². The van der Waals surface area contributed by atoms with Gasteiger partial charge in [0.25, 0.3) is 5.91 Å². The van der Waals surface area contributed by atoms with Crippen molar-refractivity contribution in [1.82, 2.24) is 4.90 Å². The highest BCUT2D eigenvalue weighted by molar-refractivity contribution is 7.99. The van der Waals surface area contributed by atoms with Crippen molar-refractivity contribution < 1.29 is 14.7 Å². The van der Waals surface area contributed by atoms with Gasteiger partial charge in [0.2, 0.25) is 0 Å². The lowest BCUT2D eigenvalue weighted by Gasteiger charge is -2.34. The quantitative estimate of drug-likeness (QED) is 0.815. The van der Waals surface area contributed by atoms with E-state index in [-0.39, 0.29) is 18.4 Å². The number of carboxylic acid groups (broad SMARTS) is 1. The van der Waals surface area contributed by atoms with E-state index < -0.39 is 5.97 Å². The Morgan fingerprint density at radius 1 is 1.47 bits per heavy atom. The lowest BCUT2D eigenvalue weighted by Crippen LogP contribution is -2.47. The van der Waals surface area contributed by atoms with Gasteiger partial charge in [0, 0.05) is 29.3 Å². The molecular weight excluding hydrogens is 264 g/mol. The first-order chi connectivity index (χ1) is 9.08. The summed E-state index contributed by atoms with van der Waals surface area (Å²) in [6, 6.07) is 6.54. The smallest absolute Gasteiger partial charge is 0.305 e. The fourth-order valence-corrected chi connectivity index (χ4v) is 3.19. The van der Waals surface area contributed by atoms with Gasteiger partial charge in [-0.2, -0.15) is 11.8 Å². The summed E-state index contributed by atoms with van der Waals surface area (Å²) in [6.07, 6.45) is -0.0128. The normalized spacial score (nSPS) is 19.2. The van der Waals surface area contributed by atoms with Gasteiger partial charge in [0.05, 0.1) is 12.5 Å². The molecule has 2 rings (SSSR count). The highest BCUT2D eigenvalue weighted by Crippen LogP contribution is 2.22. The number of carbonyl (C=O) groups excluding carboxylic acids is 1. The molecule has 1 saturated heterocycles. The number of anilines is 1. The number of rotatable bonds is 3. The van der Waals surface area contributed by atoms with E-state index in [1.54, 1.807) is 40.9 Å². The lowest BCUT2D eigenvalue weighted by atomic mass is 10.1. The molecule has 1 atom stereocenters. The number of hydrogen-bond acceptors (Lipinski definition) is 4. The SMILES string of the molecule is Nc1cccc(C(=O)N2CCSCC2CC(=O)O)c1. The van der Waals surface area contributed by atoms with Crippen LogP contribution in [0.2, 0.25) is 0 Å². The molecule has 1 fully saturated rings. The number of nitrogens with zero attached hydrogens (tertiary/aromatic N) is 1. The summed E-state index contributed by atoms with van der Waals surface area (Å²) in [7, 11) is 0. The molecular formula is C13H16N2O3S. The number of nitrogen functional groups attached to an aromatic ring is 1. The average Bonchev–Trinajstić information content (AvgIpc) is 2.38. The molecule has 6 heteroatoms. The first-order valence-electron chi connectivity index (χ1n) is 6.04. The molecule has 0 bridgehead atoms. The average molecular weight is 280 g/mol. The molecule has 1 aromatic rings. The number of benzene rings is 1. The van der Waals surface area contributed by atoms with Crippen molar-refractivity contribution >= 4 is 29.3 Å². The molecule has 0 spiro atoms. The predicted octanol–water partition coefficient (Wildman–Crippen LogP) is 1.30. The van der Waals surface area contributed by atoms with Crippen LogP contribution in [0.15, 0.2) is 24.3 Å². The summed E-state index contributed by atoms with van der Waals surface area (Å²) < 4.78 is 0. The van der Waals surface area contributed by atoms with Crippen molar-refractivity contribution in [2.75, 3.05) is 23.8 Å². The van der Waals surface area contributed by atoms with Crippen molar-refractivity contribution in [2.24, 2.45) is 0 Å². The van der Waals surface area contributed by atoms with Crippen molar-refractivity contribution in [3.05, 3.63) is 29.8 Å². The van der Waals surface area contributed by atoms with Gasteiger partial charge >= 0.3 is 5.97 Å². The van der Waals surface area contributed by atoms with Gasteiger partial charge in [-0.05, 0) is 18.2 Å². The third-order valence-electron chi connectivity index (χ3n) is 3.03. The maximum absolute atomic E-state index is 12.4. The Hall–Kier alpha value is -1.69. The number of aliphatic carboxylic acids is 1. The number of thioether (sulfide) groups is 1. The Morgan fingerprint density at radius 2 is 2.26 bits per heavy atom. The number of hydrogen-bond donors (Lipinski definition) is 2. The molecule has 0 radical (unpaired) electrons. The zero-order chi connectivity index (χ0) is 13.8. The molecule has 1 unspecified atom stereocenters. The van der Waals surface area contributed by atoms with E-state index >= 15 is 0 Å². The van der Waals surface area contributed by atoms with Gasteiger partial charge in [-0.25, -0.2) is 0 Å². The number of carboxylic acids is 1. The molecule has 1 heterocycles. The molecule has 1 aliphatic heterocycles. The van der Waals surface area contributed by atoms with E-state index in [1.165, 1.54) is 0 Å². The fraction of sp³-hybridized carbons (Fsp3) is 0.385. The molecule has 1 aromatic carbocycles. The summed E-state index contributed by atoms with van der Waals surface area (Å²) in [5.41, 5.74) is 6.72. The van der Waals surface area contributed by atoms with Gasteiger partial charge in [-0.15, -0.1) is 0 Å². The topological polar surface area (TPSA) is 83.6 Å². The first kappa shape index (κ1) is 13.7. The van der Waals surface area contributed by atoms with E-state index in [4.69, 9.17) is 10.8 Å². The van der Waals surface area contributed by atoms with Crippen LogP contribution >= 0.6 is 11.8 Å². The van der Waals surface area contributed by atoms with Gasteiger partial charge in [-0.3, -0.25) is 9.59 Å². The fourth-order valence-electron chi connectivity index (χ4n) is 2.13. The standard InChI is InChI=1S/C13H16N2O3S/c14-10-3-1-2-9(6-10)13(18)15-4-5-19-8-11(15)7-12(16)17/h1-3,6,11H,4-5,7-8,14H2,(H,16,17). The molecule has 3 N–H and O–H groups in total. The monoisotopic (exact) mass is 280 g/mol. The molecule has 102 valence electrons. The molecule has 0 saturated carbocycles. The van der Waals surface area contributed by atoms with Crippen LogP contribution < -0.4 is 5.73 Å². The number of carbonyl (C=O) groups is 2. The van der Waals surface area contributed by atoms with Gasteiger partial charge < -0.3 is 15.7 Å². The maximum atomic E-state index is 12.4. The van der Waals surface area contributed by atoms with Crippen LogP contribution in [-0.4, -0.2) is 46.0 Å². The highest BCUT2D eigenvalue weighted by atomic mass is 32.2. The Bertz CT molecular complexity index is 493. The second-order valence-corrected chi connectivity index (χ2v) is 5.60. The summed E-state index contributed by atoms with van der Waals surface area (Å²) in [4.78, 5) is 24.9. The van der Waals surface area contributed by atoms with Gasteiger partial charge in [0.1, 0.15) is 0 Å². The van der Waals surface area contributed by atoms with E-state index in [0.717, 1.165) is 5.75 Å². The Labute approximate surface area is 115 Å². The number of nitrogens with two attached hydrogens (primary N) is 1. The van der Waals surface area contributed by atoms with Crippen molar-refractivity contribution in [3.8, 4) is 0 Å². The van der Waals surface area contributed by atoms with Crippen molar-refractivity contribution in [2.45, 2.75) is 12.5 Å². The number of amides is 1. The molecule has 19 heavy (non-hydrogen) atoms. The van der Waals surface area contributed by atoms with E-state index in [1.807, 2.05) is 0 Å². The lowest BCUT2D eigenvalue weighted by molar-refractivity contribution is -0.138. The Balaban J connectivity index is 2.17. The minimum atomic E-state index is -0.877. The largest absolute Gasteiger partial charge is 0.481 e. The van der Waals surface area contributed by atoms with Crippen molar-refractivity contribution in [3.63, 3.8) is 0 Å². The third kappa shape index (κ3) is 3.41. The maximum Gasteiger partial charge on any atom is 0.305 e. The van der Waals surface area contributed by atoms with Crippen LogP contribution in [0.3, 0.4) is 0 Å². The van der Waals surface area contributed by atoms with Crippen LogP contribution in [-0.2, 0) is 4.79 Å². The Morgan fingerprint density at radius 3 is 2.95 bits per heavy atom. The van der Waals surface area contributed by atoms with Crippen LogP contribution in [0.1, 0.15) is 16.8 Å². The second kappa shape index (κ2) is 5.97. The summed E-state index contributed by atoms with van der Waals surface area (Å²) in [6.45, 7) is 0.580. The van der Waals surface area contributed by atoms with Crippen molar-refractivity contribution in [1.29, 1.82) is 0 Å². The van der Waals surface area contributed by atoms with E-state index in [0.29, 0.717) is 23.5 Å². The third-order valence-corrected chi connectivity index (χ3v) is 4.12. The second-order valence-electron chi connectivity index (χ2n) is 4.45. The minimum absolute atomic E-state index is 0.0128. The van der Waals surface area contributed by atoms with Crippen LogP contribution in [0.25, 0.3) is 0 Å². The summed E-state index contributed by atoms with van der Waals surface area (Å²) in [5.74, 6) is 0.488. The highest BCUT2D eigenvalue weighted by Gasteiger charge is 2.29. The zero-order valence-electron chi connectivity index (χ0n) is 10.4. The molecule has 1 aliphatic rings. The minimum Gasteiger partial charge on any atom is -0.481 e. The predicted molar refractivity (Wildman–Crippen MR) is 75.3 cm³/mol. The zero-order valence-corrected chi connectivity index (χ0v) is 11.2. The molecule has 1 amide bonds. The van der Waals surface area contributed by atoms with Crippen LogP contribution in [0.4, 0.5) is 5.69 Å². The summed E-state index contributed by atoms with van der Waals surface area (Å²) >= 11 is 1.68. The van der Waals surface area contributed by atoms with E-state index in [9.17, 15) is 9.59 Å².